The zero-order valence-electron chi connectivity index (χ0n) is 11.9. The summed E-state index contributed by atoms with van der Waals surface area (Å²) in [7, 11) is 0. The second-order valence-electron chi connectivity index (χ2n) is 5.78. The van der Waals surface area contributed by atoms with Crippen LogP contribution in [-0.4, -0.2) is 0 Å². The maximum atomic E-state index is 3.76. The summed E-state index contributed by atoms with van der Waals surface area (Å²) in [5.41, 5.74) is 4.88. The van der Waals surface area contributed by atoms with Crippen molar-refractivity contribution in [3.05, 3.63) is 66.2 Å². The molecule has 0 aliphatic rings. The Balaban J connectivity index is 2.12. The molecule has 0 saturated heterocycles. The minimum absolute atomic E-state index is 0.199. The van der Waals surface area contributed by atoms with Gasteiger partial charge in [-0.25, -0.2) is 0 Å². The van der Waals surface area contributed by atoms with Gasteiger partial charge in [0.1, 0.15) is 0 Å². The lowest BCUT2D eigenvalue weighted by Crippen LogP contribution is -2.10. The Morgan fingerprint density at radius 1 is 0.842 bits per heavy atom. The molecule has 0 fully saturated rings. The monoisotopic (exact) mass is 251 g/mol. The van der Waals surface area contributed by atoms with Gasteiger partial charge in [-0.1, -0.05) is 57.7 Å². The van der Waals surface area contributed by atoms with E-state index in [0.29, 0.717) is 0 Å². The average molecular weight is 251 g/mol. The highest BCUT2D eigenvalue weighted by Gasteiger charge is 2.12. The lowest BCUT2D eigenvalue weighted by molar-refractivity contribution is 0.590. The van der Waals surface area contributed by atoms with E-state index in [9.17, 15) is 0 Å². The van der Waals surface area contributed by atoms with Crippen molar-refractivity contribution in [1.29, 1.82) is 0 Å². The first-order valence-corrected chi connectivity index (χ1v) is 6.59. The molecule has 1 heteroatoms. The fourth-order valence-corrected chi connectivity index (χ4v) is 1.92. The predicted molar refractivity (Wildman–Crippen MR) is 85.0 cm³/mol. The van der Waals surface area contributed by atoms with Crippen LogP contribution in [0.3, 0.4) is 0 Å². The summed E-state index contributed by atoms with van der Waals surface area (Å²) in [5, 5.41) is 3.40. The van der Waals surface area contributed by atoms with E-state index in [1.165, 1.54) is 5.56 Å². The van der Waals surface area contributed by atoms with Gasteiger partial charge in [0.15, 0.2) is 0 Å². The Labute approximate surface area is 116 Å². The van der Waals surface area contributed by atoms with Crippen molar-refractivity contribution in [3.8, 4) is 0 Å². The molecule has 0 bridgehead atoms. The third-order valence-electron chi connectivity index (χ3n) is 3.19. The normalized spacial score (nSPS) is 11.1. The van der Waals surface area contributed by atoms with E-state index in [1.54, 1.807) is 0 Å². The van der Waals surface area contributed by atoms with Crippen LogP contribution in [0.25, 0.3) is 6.08 Å². The zero-order valence-corrected chi connectivity index (χ0v) is 11.9. The van der Waals surface area contributed by atoms with Crippen LogP contribution in [0, 0.1) is 0 Å². The minimum Gasteiger partial charge on any atom is -0.356 e. The van der Waals surface area contributed by atoms with Crippen molar-refractivity contribution < 1.29 is 0 Å². The van der Waals surface area contributed by atoms with Gasteiger partial charge >= 0.3 is 0 Å². The van der Waals surface area contributed by atoms with Crippen LogP contribution < -0.4 is 5.32 Å². The topological polar surface area (TPSA) is 12.0 Å². The quantitative estimate of drug-likeness (QED) is 0.773. The molecule has 0 unspecified atom stereocenters. The summed E-state index contributed by atoms with van der Waals surface area (Å²) in [4.78, 5) is 0. The van der Waals surface area contributed by atoms with Crippen molar-refractivity contribution in [2.24, 2.45) is 0 Å². The Kier molecular flexibility index (Phi) is 3.75. The fourth-order valence-electron chi connectivity index (χ4n) is 1.92. The number of benzene rings is 2. The standard InChI is InChI=1S/C18H21N/c1-5-14-6-10-16(11-7-14)19-17-12-8-15(9-13-17)18(2,3)4/h5-13,19H,1H2,2-4H3. The van der Waals surface area contributed by atoms with Gasteiger partial charge in [0.2, 0.25) is 0 Å². The van der Waals surface area contributed by atoms with Crippen molar-refractivity contribution in [1.82, 2.24) is 0 Å². The molecule has 0 saturated carbocycles. The van der Waals surface area contributed by atoms with E-state index in [-0.39, 0.29) is 5.41 Å². The highest BCUT2D eigenvalue weighted by Crippen LogP contribution is 2.25. The molecule has 2 aromatic carbocycles. The molecule has 0 aromatic heterocycles. The van der Waals surface area contributed by atoms with Crippen LogP contribution in [0.2, 0.25) is 0 Å². The molecular weight excluding hydrogens is 230 g/mol. The predicted octanol–water partition coefficient (Wildman–Crippen LogP) is 5.37. The number of hydrogen-bond acceptors (Lipinski definition) is 1. The van der Waals surface area contributed by atoms with Crippen molar-refractivity contribution >= 4 is 17.5 Å². The van der Waals surface area contributed by atoms with Gasteiger partial charge in [-0.3, -0.25) is 0 Å². The molecule has 1 nitrogen and oxygen atoms in total. The molecule has 19 heavy (non-hydrogen) atoms. The van der Waals surface area contributed by atoms with E-state index in [4.69, 9.17) is 0 Å². The van der Waals surface area contributed by atoms with Crippen LogP contribution in [0.1, 0.15) is 31.9 Å². The Morgan fingerprint density at radius 2 is 1.32 bits per heavy atom. The van der Waals surface area contributed by atoms with Crippen molar-refractivity contribution in [2.75, 3.05) is 5.32 Å². The maximum Gasteiger partial charge on any atom is 0.0384 e. The third-order valence-corrected chi connectivity index (χ3v) is 3.19. The van der Waals surface area contributed by atoms with Crippen LogP contribution in [-0.2, 0) is 5.41 Å². The van der Waals surface area contributed by atoms with E-state index in [1.807, 2.05) is 6.08 Å². The number of anilines is 2. The average Bonchev–Trinajstić information content (AvgIpc) is 2.39. The summed E-state index contributed by atoms with van der Waals surface area (Å²) in [6.45, 7) is 10.4. The van der Waals surface area contributed by atoms with Crippen molar-refractivity contribution in [2.45, 2.75) is 26.2 Å². The summed E-state index contributed by atoms with van der Waals surface area (Å²) >= 11 is 0. The second-order valence-corrected chi connectivity index (χ2v) is 5.78. The molecule has 98 valence electrons. The van der Waals surface area contributed by atoms with Crippen LogP contribution in [0.4, 0.5) is 11.4 Å². The highest BCUT2D eigenvalue weighted by atomic mass is 14.9. The molecular formula is C18H21N. The maximum absolute atomic E-state index is 3.76. The first-order chi connectivity index (χ1) is 8.99. The Bertz CT molecular complexity index is 542. The Morgan fingerprint density at radius 3 is 1.74 bits per heavy atom. The van der Waals surface area contributed by atoms with E-state index >= 15 is 0 Å². The van der Waals surface area contributed by atoms with Crippen LogP contribution in [0.15, 0.2) is 55.1 Å². The summed E-state index contributed by atoms with van der Waals surface area (Å²) in [5.74, 6) is 0. The number of nitrogens with one attached hydrogen (secondary N) is 1. The van der Waals surface area contributed by atoms with Gasteiger partial charge < -0.3 is 5.32 Å². The van der Waals surface area contributed by atoms with Gasteiger partial charge in [0.05, 0.1) is 0 Å². The minimum atomic E-state index is 0.199. The molecule has 0 heterocycles. The Hall–Kier alpha value is -2.02. The van der Waals surface area contributed by atoms with E-state index in [2.05, 4.69) is 81.2 Å². The molecule has 1 N–H and O–H groups in total. The highest BCUT2D eigenvalue weighted by molar-refractivity contribution is 5.62. The van der Waals surface area contributed by atoms with Gasteiger partial charge in [-0.05, 0) is 40.8 Å². The lowest BCUT2D eigenvalue weighted by atomic mass is 9.87. The largest absolute Gasteiger partial charge is 0.356 e. The molecule has 0 amide bonds. The molecule has 0 aliphatic heterocycles. The van der Waals surface area contributed by atoms with Gasteiger partial charge in [0.25, 0.3) is 0 Å². The SMILES string of the molecule is C=Cc1ccc(Nc2ccc(C(C)(C)C)cc2)cc1. The first kappa shape index (κ1) is 13.4. The lowest BCUT2D eigenvalue weighted by Gasteiger charge is -2.19. The van der Waals surface area contributed by atoms with E-state index < -0.39 is 0 Å². The van der Waals surface area contributed by atoms with Gasteiger partial charge in [-0.15, -0.1) is 0 Å². The smallest absolute Gasteiger partial charge is 0.0384 e. The molecule has 0 radical (unpaired) electrons. The summed E-state index contributed by atoms with van der Waals surface area (Å²) < 4.78 is 0. The number of rotatable bonds is 3. The fraction of sp³-hybridized carbons (Fsp3) is 0.222. The second kappa shape index (κ2) is 5.31. The van der Waals surface area contributed by atoms with Crippen molar-refractivity contribution in [3.63, 3.8) is 0 Å². The summed E-state index contributed by atoms with van der Waals surface area (Å²) in [6, 6.07) is 16.9. The first-order valence-electron chi connectivity index (χ1n) is 6.59. The van der Waals surface area contributed by atoms with E-state index in [0.717, 1.165) is 16.9 Å². The van der Waals surface area contributed by atoms with Gasteiger partial charge in [-0.2, -0.15) is 0 Å². The molecule has 0 atom stereocenters. The third kappa shape index (κ3) is 3.47. The summed E-state index contributed by atoms with van der Waals surface area (Å²) in [6.07, 6.45) is 1.85. The van der Waals surface area contributed by atoms with Crippen LogP contribution in [0.5, 0.6) is 0 Å². The molecule has 2 aromatic rings. The number of hydrogen-bond donors (Lipinski definition) is 1. The van der Waals surface area contributed by atoms with Gasteiger partial charge in [0, 0.05) is 11.4 Å². The molecule has 0 spiro atoms. The van der Waals surface area contributed by atoms with Crippen LogP contribution >= 0.6 is 0 Å². The molecule has 0 aliphatic carbocycles. The molecule has 2 rings (SSSR count). The zero-order chi connectivity index (χ0) is 13.9.